The van der Waals surface area contributed by atoms with Gasteiger partial charge >= 0.3 is 0 Å². The summed E-state index contributed by atoms with van der Waals surface area (Å²) in [6.45, 7) is 24.7. The number of fused-ring (bicyclic) bond motifs is 10. The lowest BCUT2D eigenvalue weighted by molar-refractivity contribution is 0.569. The molecule has 4 heterocycles. The first-order valence-electron chi connectivity index (χ1n) is 40.8. The van der Waals surface area contributed by atoms with Gasteiger partial charge in [0.2, 0.25) is 0 Å². The molecule has 490 valence electrons. The quantitative estimate of drug-likeness (QED) is 0.142. The second kappa shape index (κ2) is 23.4. The van der Waals surface area contributed by atoms with E-state index in [9.17, 15) is 21.7 Å². The zero-order chi connectivity index (χ0) is 80.0. The molecular formula is C95H82BN5. The summed E-state index contributed by atoms with van der Waals surface area (Å²) in [6.07, 6.45) is 0. The molecule has 0 spiro atoms. The predicted molar refractivity (Wildman–Crippen MR) is 430 cm³/mol. The van der Waals surface area contributed by atoms with Gasteiger partial charge in [-0.3, -0.25) is 0 Å². The zero-order valence-corrected chi connectivity index (χ0v) is 58.9. The number of anilines is 6. The lowest BCUT2D eigenvalue weighted by Crippen LogP contribution is -2.61. The number of hydrogen-bond acceptors (Lipinski definition) is 3. The Morgan fingerprint density at radius 1 is 0.327 bits per heavy atom. The van der Waals surface area contributed by atoms with Crippen molar-refractivity contribution in [3.05, 3.63) is 307 Å². The van der Waals surface area contributed by atoms with Crippen LogP contribution in [0.2, 0.25) is 0 Å². The smallest absolute Gasteiger partial charge is 0.252 e. The molecule has 0 N–H and O–H groups in total. The molecule has 17 rings (SSSR count). The van der Waals surface area contributed by atoms with Gasteiger partial charge < -0.3 is 18.9 Å². The summed E-state index contributed by atoms with van der Waals surface area (Å²) in [5, 5.41) is 14.4. The average Bonchev–Trinajstić information content (AvgIpc) is 1.53. The highest BCUT2D eigenvalue weighted by molar-refractivity contribution is 7.00. The summed E-state index contributed by atoms with van der Waals surface area (Å²) < 4.78 is 120. The van der Waals surface area contributed by atoms with Crippen LogP contribution in [-0.4, -0.2) is 15.8 Å². The molecule has 2 aliphatic heterocycles. The molecule has 101 heavy (non-hydrogen) atoms. The van der Waals surface area contributed by atoms with Gasteiger partial charge in [-0.2, -0.15) is 5.26 Å². The molecule has 2 aliphatic rings. The number of hydrogen-bond donors (Lipinski definition) is 0. The fourth-order valence-corrected chi connectivity index (χ4v) is 15.3. The monoisotopic (exact) mass is 1320 g/mol. The molecule has 0 saturated heterocycles. The Hall–Kier alpha value is -11.4. The molecule has 0 bridgehead atoms. The van der Waals surface area contributed by atoms with Crippen LogP contribution in [0.25, 0.3) is 99.5 Å². The molecule has 6 heteroatoms. The molecule has 0 radical (unpaired) electrons. The van der Waals surface area contributed by atoms with Crippen molar-refractivity contribution in [2.75, 3.05) is 9.80 Å². The van der Waals surface area contributed by atoms with Gasteiger partial charge in [-0.05, 0) is 166 Å². The summed E-state index contributed by atoms with van der Waals surface area (Å²) in [7, 11) is 0. The number of benzene rings is 13. The van der Waals surface area contributed by atoms with E-state index in [4.69, 9.17) is 0 Å². The molecular weight excluding hydrogens is 1220 g/mol. The number of nitrogens with zero attached hydrogens (tertiary/aromatic N) is 5. The average molecular weight is 1320 g/mol. The second-order valence-corrected chi connectivity index (χ2v) is 31.2. The van der Waals surface area contributed by atoms with Crippen molar-refractivity contribution in [3.8, 4) is 62.0 Å². The Bertz CT molecular complexity index is 6410. The molecule has 0 amide bonds. The molecule has 5 nitrogen and oxygen atoms in total. The largest absolute Gasteiger partial charge is 0.310 e. The van der Waals surface area contributed by atoms with E-state index in [1.807, 2.05) is 130 Å². The maximum atomic E-state index is 12.6. The van der Waals surface area contributed by atoms with E-state index in [1.165, 1.54) is 0 Å². The van der Waals surface area contributed by atoms with Gasteiger partial charge in [0.05, 0.1) is 61.3 Å². The number of nitriles is 1. The molecule has 15 aromatic rings. The van der Waals surface area contributed by atoms with Gasteiger partial charge in [0.15, 0.2) is 0 Å². The maximum Gasteiger partial charge on any atom is 0.252 e. The fraction of sp³-hybridized carbons (Fsp3) is 0.168. The Labute approximate surface area is 611 Å². The molecule has 0 fully saturated rings. The van der Waals surface area contributed by atoms with E-state index >= 15 is 0 Å². The van der Waals surface area contributed by atoms with E-state index in [1.54, 1.807) is 4.57 Å². The third-order valence-corrected chi connectivity index (χ3v) is 20.6. The molecule has 2 aromatic heterocycles. The molecule has 0 atom stereocenters. The van der Waals surface area contributed by atoms with E-state index in [0.29, 0.717) is 56.3 Å². The molecule has 0 aliphatic carbocycles. The Morgan fingerprint density at radius 3 is 1.38 bits per heavy atom. The molecule has 13 aromatic carbocycles. The van der Waals surface area contributed by atoms with Gasteiger partial charge in [-0.15, -0.1) is 0 Å². The van der Waals surface area contributed by atoms with Gasteiger partial charge in [-0.25, -0.2) is 0 Å². The predicted octanol–water partition coefficient (Wildman–Crippen LogP) is 23.7. The first-order valence-corrected chi connectivity index (χ1v) is 34.8. The fourth-order valence-electron chi connectivity index (χ4n) is 15.3. The van der Waals surface area contributed by atoms with Crippen molar-refractivity contribution in [2.24, 2.45) is 0 Å². The van der Waals surface area contributed by atoms with Crippen molar-refractivity contribution in [1.29, 1.82) is 5.26 Å². The number of para-hydroxylation sites is 4. The van der Waals surface area contributed by atoms with Crippen LogP contribution < -0.4 is 26.2 Å². The van der Waals surface area contributed by atoms with E-state index in [2.05, 4.69) is 180 Å². The zero-order valence-electron chi connectivity index (χ0n) is 70.9. The summed E-state index contributed by atoms with van der Waals surface area (Å²) in [4.78, 5) is 4.39. The van der Waals surface area contributed by atoms with Crippen LogP contribution in [0.4, 0.5) is 34.1 Å². The minimum atomic E-state index is -0.803. The van der Waals surface area contributed by atoms with E-state index in [-0.39, 0.29) is 68.1 Å². The highest BCUT2D eigenvalue weighted by atomic mass is 15.2. The highest BCUT2D eigenvalue weighted by Crippen LogP contribution is 2.54. The van der Waals surface area contributed by atoms with Crippen LogP contribution >= 0.6 is 0 Å². The van der Waals surface area contributed by atoms with E-state index in [0.717, 1.165) is 88.5 Å². The first-order chi connectivity index (χ1) is 53.6. The third-order valence-electron chi connectivity index (χ3n) is 20.6. The Morgan fingerprint density at radius 2 is 0.822 bits per heavy atom. The molecule has 0 saturated carbocycles. The minimum absolute atomic E-state index is 0.0829. The van der Waals surface area contributed by atoms with Crippen molar-refractivity contribution >= 4 is 101 Å². The summed E-state index contributed by atoms with van der Waals surface area (Å²) in [5.74, 6) is 0. The SMILES string of the molecule is [2H]c1c([2H])c(C(C)(C)C)c([2H])c([2H])c1-c1ccc2c(c1)B1c3ccc(-c4cc(C(C)(C)C)cc(C(C)(C)C)c4)cc3N(c3cccc(-n4c5ccccc5c5ccccc54)c3C#N)c3cc(-n4c5c([2H])c([2H])c([2H])c([2H])c5c5c([2H])c([2H])c([2H])c([2H])c54)cc(c31)N2c1c(-c2ccccc2)cc(C(C)(C)C)cc1-c1ccccc1. The van der Waals surface area contributed by atoms with Crippen LogP contribution in [0.1, 0.15) is 127 Å². The van der Waals surface area contributed by atoms with Crippen molar-refractivity contribution in [2.45, 2.75) is 105 Å². The summed E-state index contributed by atoms with van der Waals surface area (Å²) >= 11 is 0. The minimum Gasteiger partial charge on any atom is -0.310 e. The lowest BCUT2D eigenvalue weighted by atomic mass is 9.33. The highest BCUT2D eigenvalue weighted by Gasteiger charge is 2.46. The Balaban J connectivity index is 1.12. The van der Waals surface area contributed by atoms with Crippen LogP contribution in [-0.2, 0) is 21.7 Å². The topological polar surface area (TPSA) is 40.1 Å². The summed E-state index contributed by atoms with van der Waals surface area (Å²) in [5.41, 5.74) is 16.0. The lowest BCUT2D eigenvalue weighted by Gasteiger charge is -2.45. The maximum absolute atomic E-state index is 12.6. The van der Waals surface area contributed by atoms with Crippen molar-refractivity contribution < 1.29 is 16.4 Å². The van der Waals surface area contributed by atoms with Crippen LogP contribution in [0, 0.1) is 11.3 Å². The van der Waals surface area contributed by atoms with Gasteiger partial charge in [0.1, 0.15) is 11.6 Å². The summed E-state index contributed by atoms with van der Waals surface area (Å²) in [6, 6.07) is 68.2. The van der Waals surface area contributed by atoms with Crippen molar-refractivity contribution in [3.63, 3.8) is 0 Å². The van der Waals surface area contributed by atoms with E-state index < -0.39 is 65.9 Å². The number of rotatable bonds is 8. The normalized spacial score (nSPS) is 14.7. The third kappa shape index (κ3) is 10.4. The molecule has 0 unspecified atom stereocenters. The second-order valence-electron chi connectivity index (χ2n) is 31.2. The first kappa shape index (κ1) is 50.9. The van der Waals surface area contributed by atoms with Crippen molar-refractivity contribution in [1.82, 2.24) is 9.13 Å². The van der Waals surface area contributed by atoms with Gasteiger partial charge in [-0.1, -0.05) is 289 Å². The van der Waals surface area contributed by atoms with Crippen LogP contribution in [0.15, 0.2) is 279 Å². The van der Waals surface area contributed by atoms with Gasteiger partial charge in [0.25, 0.3) is 6.71 Å². The standard InChI is InChI=1S/C95H82BN5/c1-92(2,3)66-46-42-60(43-47-66)63-45-49-86-79(52-63)96-78-48-44-64(65-50-67(93(4,5)6)54-68(51-65)94(7,8)9)53-87(78)100(85-41-27-40-84(77(85)59-97)99-82-38-25-21-34-73(82)74-35-22-26-39-83(74)99)88-57-70(98-80-36-23-19-32-71(80)72-33-20-24-37-81(72)98)58-89(90(88)96)101(86)91-75(61-28-15-13-16-29-61)55-69(95(10,11)12)56-76(91)62-30-17-14-18-31-62/h13-58H,1-12H3/i19D,20D,23D,24D,32D,33D,36D,37D,42D,43D,46D,47D. The van der Waals surface area contributed by atoms with Crippen LogP contribution in [0.5, 0.6) is 0 Å². The van der Waals surface area contributed by atoms with Crippen LogP contribution in [0.3, 0.4) is 0 Å². The number of aromatic nitrogens is 2. The van der Waals surface area contributed by atoms with Gasteiger partial charge in [0, 0.05) is 55.4 Å². The Kier molecular flexibility index (Phi) is 11.8.